The van der Waals surface area contributed by atoms with Gasteiger partial charge in [0.05, 0.1) is 11.7 Å². The number of aromatic nitrogens is 1. The van der Waals surface area contributed by atoms with Gasteiger partial charge in [-0.1, -0.05) is 41.6 Å². The highest BCUT2D eigenvalue weighted by Gasteiger charge is 2.19. The summed E-state index contributed by atoms with van der Waals surface area (Å²) in [6, 6.07) is 14.3. The summed E-state index contributed by atoms with van der Waals surface area (Å²) in [6.07, 6.45) is 0. The Morgan fingerprint density at radius 2 is 1.86 bits per heavy atom. The van der Waals surface area contributed by atoms with E-state index in [1.807, 2.05) is 25.1 Å². The topological polar surface area (TPSA) is 55.1 Å². The third-order valence-corrected chi connectivity index (χ3v) is 3.88. The lowest BCUT2D eigenvalue weighted by atomic mass is 10.0. The summed E-state index contributed by atoms with van der Waals surface area (Å²) in [6.45, 7) is 5.49. The van der Waals surface area contributed by atoms with Gasteiger partial charge in [0.25, 0.3) is 5.91 Å². The fraction of sp³-hybridized carbons (Fsp3) is 0.222. The molecule has 3 aromatic rings. The van der Waals surface area contributed by atoms with Crippen LogP contribution in [0.1, 0.15) is 40.3 Å². The minimum Gasteiger partial charge on any atom is -0.361 e. The summed E-state index contributed by atoms with van der Waals surface area (Å²) in [7, 11) is 0. The molecule has 2 aromatic carbocycles. The quantitative estimate of drug-likeness (QED) is 0.796. The molecule has 0 aliphatic rings. The number of fused-ring (bicyclic) bond motifs is 1. The lowest BCUT2D eigenvalue weighted by molar-refractivity contribution is 0.0938. The highest BCUT2D eigenvalue weighted by molar-refractivity contribution is 5.96. The van der Waals surface area contributed by atoms with Gasteiger partial charge in [0, 0.05) is 0 Å². The number of carbonyl (C=O) groups is 1. The number of hydrogen-bond acceptors (Lipinski definition) is 3. The summed E-state index contributed by atoms with van der Waals surface area (Å²) in [4.78, 5) is 12.4. The van der Waals surface area contributed by atoms with Crippen LogP contribution >= 0.6 is 0 Å². The summed E-state index contributed by atoms with van der Waals surface area (Å²) in [5, 5.41) is 9.18. The normalized spacial score (nSPS) is 12.3. The number of benzene rings is 2. The Hall–Kier alpha value is -2.62. The third kappa shape index (κ3) is 2.60. The van der Waals surface area contributed by atoms with E-state index in [0.29, 0.717) is 17.0 Å². The standard InChI is InChI=1S/C18H18N2O2/c1-11(19-18(21)17-12(2)20-22-13(17)3)15-9-8-14-6-4-5-7-16(14)10-15/h4-11H,1-3H3,(H,19,21)/t11-/m1/s1. The van der Waals surface area contributed by atoms with Crippen molar-refractivity contribution in [1.29, 1.82) is 0 Å². The smallest absolute Gasteiger partial charge is 0.257 e. The molecule has 0 unspecified atom stereocenters. The first-order valence-electron chi connectivity index (χ1n) is 7.28. The maximum atomic E-state index is 12.4. The van der Waals surface area contributed by atoms with Crippen LogP contribution in [0.2, 0.25) is 0 Å². The Kier molecular flexibility index (Phi) is 3.67. The van der Waals surface area contributed by atoms with Crippen LogP contribution in [-0.2, 0) is 0 Å². The molecule has 1 aromatic heterocycles. The first kappa shape index (κ1) is 14.3. The summed E-state index contributed by atoms with van der Waals surface area (Å²) in [5.74, 6) is 0.387. The second kappa shape index (κ2) is 5.64. The van der Waals surface area contributed by atoms with Crippen LogP contribution in [0.3, 0.4) is 0 Å². The van der Waals surface area contributed by atoms with Crippen molar-refractivity contribution in [3.05, 3.63) is 65.0 Å². The molecule has 1 N–H and O–H groups in total. The molecule has 0 spiro atoms. The van der Waals surface area contributed by atoms with Gasteiger partial charge in [0.1, 0.15) is 11.3 Å². The Balaban J connectivity index is 1.84. The van der Waals surface area contributed by atoms with Gasteiger partial charge in [-0.3, -0.25) is 4.79 Å². The lowest BCUT2D eigenvalue weighted by Crippen LogP contribution is -2.27. The van der Waals surface area contributed by atoms with Crippen molar-refractivity contribution in [1.82, 2.24) is 10.5 Å². The Morgan fingerprint density at radius 1 is 1.14 bits per heavy atom. The molecule has 0 aliphatic carbocycles. The van der Waals surface area contributed by atoms with Gasteiger partial charge < -0.3 is 9.84 Å². The van der Waals surface area contributed by atoms with E-state index in [1.165, 1.54) is 10.8 Å². The highest BCUT2D eigenvalue weighted by atomic mass is 16.5. The average molecular weight is 294 g/mol. The fourth-order valence-electron chi connectivity index (χ4n) is 2.64. The van der Waals surface area contributed by atoms with Gasteiger partial charge in [-0.2, -0.15) is 0 Å². The zero-order valence-electron chi connectivity index (χ0n) is 12.9. The zero-order chi connectivity index (χ0) is 15.7. The van der Waals surface area contributed by atoms with Crippen molar-refractivity contribution in [2.75, 3.05) is 0 Å². The average Bonchev–Trinajstić information content (AvgIpc) is 2.85. The largest absolute Gasteiger partial charge is 0.361 e. The molecule has 1 heterocycles. The molecule has 0 fully saturated rings. The first-order chi connectivity index (χ1) is 10.6. The number of hydrogen-bond donors (Lipinski definition) is 1. The lowest BCUT2D eigenvalue weighted by Gasteiger charge is -2.15. The minimum absolute atomic E-state index is 0.0918. The highest BCUT2D eigenvalue weighted by Crippen LogP contribution is 2.21. The first-order valence-corrected chi connectivity index (χ1v) is 7.28. The minimum atomic E-state index is -0.156. The molecule has 3 rings (SSSR count). The number of aryl methyl sites for hydroxylation is 2. The molecule has 0 saturated carbocycles. The van der Waals surface area contributed by atoms with E-state index in [2.05, 4.69) is 34.7 Å². The number of rotatable bonds is 3. The second-order valence-corrected chi connectivity index (χ2v) is 5.50. The van der Waals surface area contributed by atoms with E-state index in [0.717, 1.165) is 5.56 Å². The Morgan fingerprint density at radius 3 is 2.55 bits per heavy atom. The van der Waals surface area contributed by atoms with E-state index in [1.54, 1.807) is 13.8 Å². The van der Waals surface area contributed by atoms with E-state index in [-0.39, 0.29) is 11.9 Å². The molecule has 1 atom stereocenters. The van der Waals surface area contributed by atoms with Crippen LogP contribution in [0.25, 0.3) is 10.8 Å². The molecule has 0 radical (unpaired) electrons. The number of nitrogens with one attached hydrogen (secondary N) is 1. The van der Waals surface area contributed by atoms with Crippen LogP contribution in [0.5, 0.6) is 0 Å². The molecule has 0 bridgehead atoms. The van der Waals surface area contributed by atoms with E-state index in [4.69, 9.17) is 4.52 Å². The molecule has 0 saturated heterocycles. The third-order valence-electron chi connectivity index (χ3n) is 3.88. The van der Waals surface area contributed by atoms with Gasteiger partial charge in [0.2, 0.25) is 0 Å². The predicted octanol–water partition coefficient (Wildman–Crippen LogP) is 3.94. The fourth-order valence-corrected chi connectivity index (χ4v) is 2.64. The van der Waals surface area contributed by atoms with Crippen LogP contribution in [0.15, 0.2) is 47.0 Å². The Bertz CT molecular complexity index is 816. The van der Waals surface area contributed by atoms with Crippen LogP contribution in [0, 0.1) is 13.8 Å². The van der Waals surface area contributed by atoms with E-state index in [9.17, 15) is 4.79 Å². The summed E-state index contributed by atoms with van der Waals surface area (Å²) < 4.78 is 5.05. The molecule has 1 amide bonds. The summed E-state index contributed by atoms with van der Waals surface area (Å²) in [5.41, 5.74) is 2.20. The SMILES string of the molecule is Cc1noc(C)c1C(=O)N[C@H](C)c1ccc2ccccc2c1. The van der Waals surface area contributed by atoms with Gasteiger partial charge in [-0.05, 0) is 43.2 Å². The monoisotopic (exact) mass is 294 g/mol. The molecule has 4 nitrogen and oxygen atoms in total. The van der Waals surface area contributed by atoms with Crippen molar-refractivity contribution in [2.45, 2.75) is 26.8 Å². The van der Waals surface area contributed by atoms with E-state index >= 15 is 0 Å². The maximum Gasteiger partial charge on any atom is 0.257 e. The summed E-state index contributed by atoms with van der Waals surface area (Å²) >= 11 is 0. The molecule has 0 aliphatic heterocycles. The van der Waals surface area contributed by atoms with Crippen molar-refractivity contribution < 1.29 is 9.32 Å². The van der Waals surface area contributed by atoms with Gasteiger partial charge in [-0.15, -0.1) is 0 Å². The predicted molar refractivity (Wildman–Crippen MR) is 85.8 cm³/mol. The van der Waals surface area contributed by atoms with Crippen molar-refractivity contribution in [2.24, 2.45) is 0 Å². The van der Waals surface area contributed by atoms with E-state index < -0.39 is 0 Å². The van der Waals surface area contributed by atoms with Crippen LogP contribution in [0.4, 0.5) is 0 Å². The number of nitrogens with zero attached hydrogens (tertiary/aromatic N) is 1. The molecular weight excluding hydrogens is 276 g/mol. The molecule has 22 heavy (non-hydrogen) atoms. The number of carbonyl (C=O) groups excluding carboxylic acids is 1. The van der Waals surface area contributed by atoms with Crippen molar-refractivity contribution in [3.8, 4) is 0 Å². The van der Waals surface area contributed by atoms with Crippen LogP contribution in [-0.4, -0.2) is 11.1 Å². The molecule has 4 heteroatoms. The molecular formula is C18H18N2O2. The molecule has 112 valence electrons. The van der Waals surface area contributed by atoms with Crippen molar-refractivity contribution in [3.63, 3.8) is 0 Å². The zero-order valence-corrected chi connectivity index (χ0v) is 12.9. The number of amides is 1. The van der Waals surface area contributed by atoms with Crippen LogP contribution < -0.4 is 5.32 Å². The maximum absolute atomic E-state index is 12.4. The second-order valence-electron chi connectivity index (χ2n) is 5.50. The van der Waals surface area contributed by atoms with Gasteiger partial charge in [0.15, 0.2) is 0 Å². The Labute approximate surface area is 129 Å². The van der Waals surface area contributed by atoms with Gasteiger partial charge in [-0.25, -0.2) is 0 Å². The van der Waals surface area contributed by atoms with Crippen molar-refractivity contribution >= 4 is 16.7 Å². The van der Waals surface area contributed by atoms with Gasteiger partial charge >= 0.3 is 0 Å².